The van der Waals surface area contributed by atoms with Crippen LogP contribution in [0.15, 0.2) is 23.4 Å². The van der Waals surface area contributed by atoms with Crippen molar-refractivity contribution in [2.45, 2.75) is 27.0 Å². The van der Waals surface area contributed by atoms with Gasteiger partial charge in [0.25, 0.3) is 0 Å². The monoisotopic (exact) mass is 207 g/mol. The smallest absolute Gasteiger partial charge is 0.142 e. The SMILES string of the molecule is C/C(N)=N/OCc1ccc(C)c(CN)c1. The van der Waals surface area contributed by atoms with Gasteiger partial charge in [0, 0.05) is 6.54 Å². The third kappa shape index (κ3) is 3.59. The molecule has 1 aromatic carbocycles. The molecule has 4 N–H and O–H groups in total. The highest BCUT2D eigenvalue weighted by Crippen LogP contribution is 2.11. The number of rotatable bonds is 4. The van der Waals surface area contributed by atoms with Gasteiger partial charge in [-0.1, -0.05) is 23.4 Å². The van der Waals surface area contributed by atoms with E-state index in [1.807, 2.05) is 25.1 Å². The maximum Gasteiger partial charge on any atom is 0.142 e. The van der Waals surface area contributed by atoms with Gasteiger partial charge in [0.1, 0.15) is 12.4 Å². The average molecular weight is 207 g/mol. The topological polar surface area (TPSA) is 73.6 Å². The van der Waals surface area contributed by atoms with Crippen LogP contribution in [0.4, 0.5) is 0 Å². The third-order valence-electron chi connectivity index (χ3n) is 2.07. The summed E-state index contributed by atoms with van der Waals surface area (Å²) in [6.45, 7) is 4.68. The van der Waals surface area contributed by atoms with E-state index in [2.05, 4.69) is 5.16 Å². The molecule has 0 saturated carbocycles. The molecule has 4 nitrogen and oxygen atoms in total. The van der Waals surface area contributed by atoms with Crippen molar-refractivity contribution in [1.82, 2.24) is 0 Å². The second-order valence-electron chi connectivity index (χ2n) is 3.47. The first kappa shape index (κ1) is 11.5. The highest BCUT2D eigenvalue weighted by atomic mass is 16.6. The van der Waals surface area contributed by atoms with E-state index < -0.39 is 0 Å². The summed E-state index contributed by atoms with van der Waals surface area (Å²) in [5, 5.41) is 3.66. The van der Waals surface area contributed by atoms with Gasteiger partial charge < -0.3 is 16.3 Å². The number of oxime groups is 1. The molecule has 0 amide bonds. The van der Waals surface area contributed by atoms with Crippen LogP contribution in [0.2, 0.25) is 0 Å². The number of nitrogens with two attached hydrogens (primary N) is 2. The molecule has 1 rings (SSSR count). The van der Waals surface area contributed by atoms with Crippen molar-refractivity contribution in [3.05, 3.63) is 34.9 Å². The Hall–Kier alpha value is -1.55. The predicted octanol–water partition coefficient (Wildman–Crippen LogP) is 1.26. The summed E-state index contributed by atoms with van der Waals surface area (Å²) in [4.78, 5) is 5.04. The van der Waals surface area contributed by atoms with Gasteiger partial charge in [0.15, 0.2) is 0 Å². The van der Waals surface area contributed by atoms with Gasteiger partial charge in [-0.15, -0.1) is 0 Å². The van der Waals surface area contributed by atoms with Crippen LogP contribution in [0.25, 0.3) is 0 Å². The van der Waals surface area contributed by atoms with Gasteiger partial charge in [0.2, 0.25) is 0 Å². The van der Waals surface area contributed by atoms with Gasteiger partial charge in [-0.25, -0.2) is 0 Å². The van der Waals surface area contributed by atoms with Gasteiger partial charge in [-0.2, -0.15) is 0 Å². The Balaban J connectivity index is 2.66. The van der Waals surface area contributed by atoms with Crippen LogP contribution in [0, 0.1) is 6.92 Å². The minimum atomic E-state index is 0.418. The zero-order chi connectivity index (χ0) is 11.3. The Labute approximate surface area is 89.9 Å². The molecule has 0 aromatic heterocycles. The molecule has 0 heterocycles. The minimum Gasteiger partial charge on any atom is -0.390 e. The molecule has 0 spiro atoms. The molecule has 0 unspecified atom stereocenters. The van der Waals surface area contributed by atoms with Gasteiger partial charge in [-0.05, 0) is 30.5 Å². The summed E-state index contributed by atoms with van der Waals surface area (Å²) >= 11 is 0. The Morgan fingerprint density at radius 1 is 1.47 bits per heavy atom. The maximum absolute atomic E-state index is 5.61. The first-order valence-corrected chi connectivity index (χ1v) is 4.84. The first-order chi connectivity index (χ1) is 7.13. The normalized spacial score (nSPS) is 11.5. The lowest BCUT2D eigenvalue weighted by Crippen LogP contribution is -2.06. The second kappa shape index (κ2) is 5.36. The van der Waals surface area contributed by atoms with Crippen LogP contribution in [-0.2, 0) is 18.0 Å². The van der Waals surface area contributed by atoms with Crippen molar-refractivity contribution in [1.29, 1.82) is 0 Å². The zero-order valence-corrected chi connectivity index (χ0v) is 9.16. The molecule has 0 saturated heterocycles. The Bertz CT molecular complexity index is 357. The van der Waals surface area contributed by atoms with Crippen molar-refractivity contribution in [3.63, 3.8) is 0 Å². The molecule has 0 fully saturated rings. The van der Waals surface area contributed by atoms with E-state index in [0.29, 0.717) is 19.0 Å². The quantitative estimate of drug-likeness (QED) is 0.443. The Kier molecular flexibility index (Phi) is 4.12. The van der Waals surface area contributed by atoms with E-state index in [4.69, 9.17) is 16.3 Å². The molecular formula is C11H17N3O. The van der Waals surface area contributed by atoms with E-state index in [1.165, 1.54) is 5.56 Å². The summed E-state index contributed by atoms with van der Waals surface area (Å²) in [6.07, 6.45) is 0. The van der Waals surface area contributed by atoms with Gasteiger partial charge in [0.05, 0.1) is 0 Å². The molecule has 1 aromatic rings. The fourth-order valence-corrected chi connectivity index (χ4v) is 1.24. The lowest BCUT2D eigenvalue weighted by Gasteiger charge is -2.06. The van der Waals surface area contributed by atoms with Crippen LogP contribution in [0.1, 0.15) is 23.6 Å². The molecule has 0 aliphatic carbocycles. The van der Waals surface area contributed by atoms with Gasteiger partial charge in [-0.3, -0.25) is 0 Å². The molecule has 0 aliphatic heterocycles. The molecule has 4 heteroatoms. The van der Waals surface area contributed by atoms with Crippen LogP contribution in [0.3, 0.4) is 0 Å². The van der Waals surface area contributed by atoms with Crippen LogP contribution >= 0.6 is 0 Å². The fourth-order valence-electron chi connectivity index (χ4n) is 1.24. The summed E-state index contributed by atoms with van der Waals surface area (Å²) < 4.78 is 0. The van der Waals surface area contributed by atoms with Crippen molar-refractivity contribution >= 4 is 5.84 Å². The molecule has 0 bridgehead atoms. The number of hydrogen-bond donors (Lipinski definition) is 2. The lowest BCUT2D eigenvalue weighted by atomic mass is 10.1. The van der Waals surface area contributed by atoms with Crippen LogP contribution in [0.5, 0.6) is 0 Å². The summed E-state index contributed by atoms with van der Waals surface area (Å²) in [5.41, 5.74) is 14.3. The fraction of sp³-hybridized carbons (Fsp3) is 0.364. The number of hydrogen-bond acceptors (Lipinski definition) is 3. The van der Waals surface area contributed by atoms with E-state index in [1.54, 1.807) is 6.92 Å². The van der Waals surface area contributed by atoms with Crippen LogP contribution in [-0.4, -0.2) is 5.84 Å². The van der Waals surface area contributed by atoms with Crippen molar-refractivity contribution in [2.75, 3.05) is 0 Å². The van der Waals surface area contributed by atoms with E-state index >= 15 is 0 Å². The first-order valence-electron chi connectivity index (χ1n) is 4.84. The van der Waals surface area contributed by atoms with E-state index in [0.717, 1.165) is 11.1 Å². The van der Waals surface area contributed by atoms with E-state index in [-0.39, 0.29) is 0 Å². The van der Waals surface area contributed by atoms with Crippen LogP contribution < -0.4 is 11.5 Å². The minimum absolute atomic E-state index is 0.418. The maximum atomic E-state index is 5.61. The number of aryl methyl sites for hydroxylation is 1. The molecule has 15 heavy (non-hydrogen) atoms. The summed E-state index contributed by atoms with van der Waals surface area (Å²) in [7, 11) is 0. The highest BCUT2D eigenvalue weighted by Gasteiger charge is 1.99. The molecule has 0 atom stereocenters. The molecule has 0 aliphatic rings. The Morgan fingerprint density at radius 3 is 2.80 bits per heavy atom. The van der Waals surface area contributed by atoms with Crippen molar-refractivity contribution < 1.29 is 4.84 Å². The second-order valence-corrected chi connectivity index (χ2v) is 3.47. The third-order valence-corrected chi connectivity index (χ3v) is 2.07. The van der Waals surface area contributed by atoms with Gasteiger partial charge >= 0.3 is 0 Å². The Morgan fingerprint density at radius 2 is 2.20 bits per heavy atom. The van der Waals surface area contributed by atoms with Crippen molar-refractivity contribution in [3.8, 4) is 0 Å². The van der Waals surface area contributed by atoms with E-state index in [9.17, 15) is 0 Å². The largest absolute Gasteiger partial charge is 0.390 e. The molecular weight excluding hydrogens is 190 g/mol. The number of benzene rings is 1. The highest BCUT2D eigenvalue weighted by molar-refractivity contribution is 5.76. The standard InChI is InChI=1S/C11H17N3O/c1-8-3-4-10(5-11(8)6-12)7-15-14-9(2)13/h3-5H,6-7,12H2,1-2H3,(H2,13,14). The number of amidine groups is 1. The summed E-state index contributed by atoms with van der Waals surface area (Å²) in [5.74, 6) is 0.418. The predicted molar refractivity (Wildman–Crippen MR) is 61.2 cm³/mol. The van der Waals surface area contributed by atoms with Crippen molar-refractivity contribution in [2.24, 2.45) is 16.6 Å². The lowest BCUT2D eigenvalue weighted by molar-refractivity contribution is 0.130. The number of nitrogens with zero attached hydrogens (tertiary/aromatic N) is 1. The summed E-state index contributed by atoms with van der Waals surface area (Å²) in [6, 6.07) is 6.05. The molecule has 82 valence electrons. The molecule has 0 radical (unpaired) electrons. The zero-order valence-electron chi connectivity index (χ0n) is 9.16. The average Bonchev–Trinajstić information content (AvgIpc) is 2.20.